The van der Waals surface area contributed by atoms with Crippen LogP contribution in [-0.2, 0) is 14.8 Å². The fourth-order valence-corrected chi connectivity index (χ4v) is 5.00. The van der Waals surface area contributed by atoms with E-state index >= 15 is 0 Å². The summed E-state index contributed by atoms with van der Waals surface area (Å²) in [6.07, 6.45) is 1.78. The molecule has 0 radical (unpaired) electrons. The number of hydrogen-bond donors (Lipinski definition) is 1. The Balaban J connectivity index is 1.51. The van der Waals surface area contributed by atoms with Gasteiger partial charge in [0.15, 0.2) is 0 Å². The number of carbonyl (C=O) groups is 1. The maximum atomic E-state index is 12.6. The molecule has 168 valence electrons. The van der Waals surface area contributed by atoms with Crippen molar-refractivity contribution in [1.29, 1.82) is 0 Å². The van der Waals surface area contributed by atoms with Gasteiger partial charge in [0.1, 0.15) is 12.4 Å². The Kier molecular flexibility index (Phi) is 7.94. The predicted molar refractivity (Wildman–Crippen MR) is 122 cm³/mol. The van der Waals surface area contributed by atoms with Gasteiger partial charge in [-0.3, -0.25) is 9.69 Å². The van der Waals surface area contributed by atoms with Gasteiger partial charge in [-0.1, -0.05) is 23.7 Å². The molecule has 1 aliphatic rings. The molecule has 1 heterocycles. The van der Waals surface area contributed by atoms with Crippen molar-refractivity contribution in [3.05, 3.63) is 53.6 Å². The van der Waals surface area contributed by atoms with Crippen LogP contribution in [0.1, 0.15) is 19.8 Å². The Morgan fingerprint density at radius 2 is 1.81 bits per heavy atom. The maximum Gasteiger partial charge on any atom is 0.243 e. The summed E-state index contributed by atoms with van der Waals surface area (Å²) in [6.45, 7) is 3.85. The normalized spacial score (nSPS) is 15.7. The lowest BCUT2D eigenvalue weighted by molar-refractivity contribution is -0.120. The summed E-state index contributed by atoms with van der Waals surface area (Å²) >= 11 is 6.08. The number of likely N-dealkylation sites (N-methyl/N-ethyl adjacent to an activating group) is 1. The fraction of sp³-hybridized carbons (Fsp3) is 0.409. The van der Waals surface area contributed by atoms with Crippen LogP contribution < -0.4 is 10.1 Å². The molecule has 1 amide bonds. The van der Waals surface area contributed by atoms with Gasteiger partial charge in [0, 0.05) is 25.3 Å². The molecule has 0 spiro atoms. The van der Waals surface area contributed by atoms with E-state index in [0.29, 0.717) is 42.7 Å². The Morgan fingerprint density at radius 3 is 2.45 bits per heavy atom. The van der Waals surface area contributed by atoms with Gasteiger partial charge < -0.3 is 10.1 Å². The number of nitrogens with zero attached hydrogens (tertiary/aromatic N) is 2. The van der Waals surface area contributed by atoms with E-state index in [0.717, 1.165) is 12.8 Å². The lowest BCUT2D eigenvalue weighted by atomic mass is 10.2. The van der Waals surface area contributed by atoms with Crippen LogP contribution in [0, 0.1) is 0 Å². The van der Waals surface area contributed by atoms with E-state index in [4.69, 9.17) is 16.3 Å². The van der Waals surface area contributed by atoms with Crippen LogP contribution in [0.25, 0.3) is 0 Å². The molecule has 1 aliphatic heterocycles. The van der Waals surface area contributed by atoms with Crippen LogP contribution in [0.5, 0.6) is 5.75 Å². The van der Waals surface area contributed by atoms with Crippen LogP contribution in [0.4, 0.5) is 5.69 Å². The highest BCUT2D eigenvalue weighted by Crippen LogP contribution is 2.23. The molecule has 0 aliphatic carbocycles. The van der Waals surface area contributed by atoms with Crippen molar-refractivity contribution in [2.75, 3.05) is 38.6 Å². The second kappa shape index (κ2) is 10.5. The molecule has 9 heteroatoms. The van der Waals surface area contributed by atoms with Crippen molar-refractivity contribution in [1.82, 2.24) is 9.21 Å². The van der Waals surface area contributed by atoms with Gasteiger partial charge >= 0.3 is 0 Å². The first-order valence-electron chi connectivity index (χ1n) is 10.3. The zero-order chi connectivity index (χ0) is 22.4. The predicted octanol–water partition coefficient (Wildman–Crippen LogP) is 3.46. The number of nitrogens with one attached hydrogen (secondary N) is 1. The number of carbonyl (C=O) groups excluding carboxylic acids is 1. The number of amides is 1. The number of para-hydroxylation sites is 1. The summed E-state index contributed by atoms with van der Waals surface area (Å²) in [5.74, 6) is 0.425. The Labute approximate surface area is 189 Å². The second-order valence-electron chi connectivity index (χ2n) is 7.56. The molecular formula is C22H28ClN3O4S. The maximum absolute atomic E-state index is 12.6. The third-order valence-corrected chi connectivity index (χ3v) is 7.63. The molecule has 1 fully saturated rings. The minimum absolute atomic E-state index is 0.185. The van der Waals surface area contributed by atoms with E-state index in [2.05, 4.69) is 5.32 Å². The number of hydrogen-bond acceptors (Lipinski definition) is 5. The van der Waals surface area contributed by atoms with E-state index in [-0.39, 0.29) is 10.8 Å². The van der Waals surface area contributed by atoms with Crippen LogP contribution in [-0.4, -0.2) is 62.9 Å². The van der Waals surface area contributed by atoms with Gasteiger partial charge in [-0.15, -0.1) is 0 Å². The largest absolute Gasteiger partial charge is 0.491 e. The Hall–Kier alpha value is -2.13. The van der Waals surface area contributed by atoms with Gasteiger partial charge in [-0.2, -0.15) is 4.31 Å². The number of sulfonamides is 1. The first-order valence-corrected chi connectivity index (χ1v) is 12.1. The zero-order valence-corrected chi connectivity index (χ0v) is 19.3. The number of halogens is 1. The lowest BCUT2D eigenvalue weighted by Crippen LogP contribution is -2.41. The van der Waals surface area contributed by atoms with Crippen LogP contribution in [0.3, 0.4) is 0 Å². The molecule has 2 aromatic carbocycles. The number of anilines is 1. The molecule has 0 bridgehead atoms. The summed E-state index contributed by atoms with van der Waals surface area (Å²) < 4.78 is 32.4. The van der Waals surface area contributed by atoms with Gasteiger partial charge in [0.2, 0.25) is 15.9 Å². The summed E-state index contributed by atoms with van der Waals surface area (Å²) in [5, 5.41) is 3.38. The van der Waals surface area contributed by atoms with Crippen LogP contribution >= 0.6 is 11.6 Å². The van der Waals surface area contributed by atoms with Gasteiger partial charge in [0.25, 0.3) is 0 Å². The van der Waals surface area contributed by atoms with Crippen molar-refractivity contribution in [3.8, 4) is 5.75 Å². The van der Waals surface area contributed by atoms with Crippen molar-refractivity contribution in [2.24, 2.45) is 0 Å². The molecule has 2 aromatic rings. The fourth-order valence-electron chi connectivity index (χ4n) is 3.29. The highest BCUT2D eigenvalue weighted by molar-refractivity contribution is 7.89. The van der Waals surface area contributed by atoms with Crippen LogP contribution in [0.2, 0.25) is 5.02 Å². The minimum Gasteiger partial charge on any atom is -0.491 e. The molecular weight excluding hydrogens is 438 g/mol. The number of rotatable bonds is 9. The second-order valence-corrected chi connectivity index (χ2v) is 9.91. The van der Waals surface area contributed by atoms with Crippen molar-refractivity contribution >= 4 is 33.2 Å². The molecule has 1 unspecified atom stereocenters. The van der Waals surface area contributed by atoms with E-state index in [1.165, 1.54) is 16.4 Å². The SMILES string of the molecule is CC(C(=O)Nc1ccc(S(=O)(=O)N2CCCC2)cc1)N(C)CCOc1ccccc1Cl. The molecule has 3 rings (SSSR count). The third kappa shape index (κ3) is 5.98. The monoisotopic (exact) mass is 465 g/mol. The van der Waals surface area contributed by atoms with Crippen molar-refractivity contribution in [3.63, 3.8) is 0 Å². The first-order chi connectivity index (χ1) is 14.8. The van der Waals surface area contributed by atoms with E-state index in [9.17, 15) is 13.2 Å². The van der Waals surface area contributed by atoms with E-state index in [1.807, 2.05) is 24.1 Å². The van der Waals surface area contributed by atoms with Gasteiger partial charge in [-0.05, 0) is 63.2 Å². The van der Waals surface area contributed by atoms with E-state index in [1.54, 1.807) is 31.2 Å². The Morgan fingerprint density at radius 1 is 1.16 bits per heavy atom. The Bertz CT molecular complexity index is 992. The highest BCUT2D eigenvalue weighted by Gasteiger charge is 2.27. The summed E-state index contributed by atoms with van der Waals surface area (Å²) in [7, 11) is -1.62. The zero-order valence-electron chi connectivity index (χ0n) is 17.8. The standard InChI is InChI=1S/C22H28ClN3O4S/c1-17(25(2)15-16-30-21-8-4-3-7-20(21)23)22(27)24-18-9-11-19(12-10-18)31(28,29)26-13-5-6-14-26/h3-4,7-12,17H,5-6,13-16H2,1-2H3,(H,24,27). The van der Waals surface area contributed by atoms with Gasteiger partial charge in [0.05, 0.1) is 16.0 Å². The van der Waals surface area contributed by atoms with Crippen molar-refractivity contribution in [2.45, 2.75) is 30.7 Å². The summed E-state index contributed by atoms with van der Waals surface area (Å²) in [5.41, 5.74) is 0.554. The van der Waals surface area contributed by atoms with Crippen LogP contribution in [0.15, 0.2) is 53.4 Å². The smallest absolute Gasteiger partial charge is 0.243 e. The average molecular weight is 466 g/mol. The minimum atomic E-state index is -3.46. The highest BCUT2D eigenvalue weighted by atomic mass is 35.5. The average Bonchev–Trinajstić information content (AvgIpc) is 3.31. The van der Waals surface area contributed by atoms with Crippen molar-refractivity contribution < 1.29 is 17.9 Å². The molecule has 1 atom stereocenters. The summed E-state index contributed by atoms with van der Waals surface area (Å²) in [6, 6.07) is 13.2. The molecule has 0 saturated carbocycles. The van der Waals surface area contributed by atoms with Gasteiger partial charge in [-0.25, -0.2) is 8.42 Å². The number of benzene rings is 2. The molecule has 31 heavy (non-hydrogen) atoms. The summed E-state index contributed by atoms with van der Waals surface area (Å²) in [4.78, 5) is 14.7. The topological polar surface area (TPSA) is 79.0 Å². The lowest BCUT2D eigenvalue weighted by Gasteiger charge is -2.24. The third-order valence-electron chi connectivity index (χ3n) is 5.40. The molecule has 1 saturated heterocycles. The van der Waals surface area contributed by atoms with E-state index < -0.39 is 16.1 Å². The number of ether oxygens (including phenoxy) is 1. The first kappa shape index (κ1) is 23.5. The molecule has 1 N–H and O–H groups in total. The quantitative estimate of drug-likeness (QED) is 0.613. The molecule has 7 nitrogen and oxygen atoms in total. The molecule has 0 aromatic heterocycles.